The van der Waals surface area contributed by atoms with Crippen LogP contribution in [0.1, 0.15) is 39.7 Å². The minimum atomic E-state index is -0.478. The second-order valence-electron chi connectivity index (χ2n) is 5.78. The average molecular weight is 291 g/mol. The van der Waals surface area contributed by atoms with Crippen LogP contribution in [0.4, 0.5) is 0 Å². The lowest BCUT2D eigenvalue weighted by Gasteiger charge is -2.21. The van der Waals surface area contributed by atoms with Crippen molar-refractivity contribution in [1.82, 2.24) is 5.32 Å². The Morgan fingerprint density at radius 1 is 1.10 bits per heavy atom. The third-order valence-electron chi connectivity index (χ3n) is 3.06. The highest BCUT2D eigenvalue weighted by molar-refractivity contribution is 5.89. The summed E-state index contributed by atoms with van der Waals surface area (Å²) in [4.78, 5) is 24.0. The second-order valence-corrected chi connectivity index (χ2v) is 5.78. The van der Waals surface area contributed by atoms with E-state index < -0.39 is 6.04 Å². The third-order valence-corrected chi connectivity index (χ3v) is 3.06. The Balaban J connectivity index is 2.53. The van der Waals surface area contributed by atoms with Crippen LogP contribution in [-0.4, -0.2) is 23.8 Å². The van der Waals surface area contributed by atoms with Gasteiger partial charge >= 0.3 is 5.97 Å². The Hall–Kier alpha value is -1.68. The highest BCUT2D eigenvalue weighted by atomic mass is 16.5. The summed E-state index contributed by atoms with van der Waals surface area (Å²) >= 11 is 0. The van der Waals surface area contributed by atoms with Crippen LogP contribution in [0.15, 0.2) is 30.3 Å². The first-order valence-electron chi connectivity index (χ1n) is 7.39. The van der Waals surface area contributed by atoms with Crippen molar-refractivity contribution < 1.29 is 14.3 Å². The van der Waals surface area contributed by atoms with E-state index in [0.29, 0.717) is 0 Å². The van der Waals surface area contributed by atoms with Crippen LogP contribution < -0.4 is 5.32 Å². The fourth-order valence-electron chi connectivity index (χ4n) is 2.01. The maximum Gasteiger partial charge on any atom is 0.308 e. The van der Waals surface area contributed by atoms with Gasteiger partial charge in [-0.1, -0.05) is 58.0 Å². The van der Waals surface area contributed by atoms with Gasteiger partial charge in [-0.25, -0.2) is 0 Å². The number of nitrogens with one attached hydrogen (secondary N) is 1. The van der Waals surface area contributed by atoms with Crippen LogP contribution in [-0.2, 0) is 20.9 Å². The number of esters is 1. The molecule has 0 radical (unpaired) electrons. The summed E-state index contributed by atoms with van der Waals surface area (Å²) in [5.41, 5.74) is 0.939. The van der Waals surface area contributed by atoms with Gasteiger partial charge in [0.25, 0.3) is 0 Å². The molecule has 0 aliphatic rings. The van der Waals surface area contributed by atoms with Crippen molar-refractivity contribution in [3.63, 3.8) is 0 Å². The number of benzene rings is 1. The van der Waals surface area contributed by atoms with Crippen LogP contribution in [0.3, 0.4) is 0 Å². The van der Waals surface area contributed by atoms with Gasteiger partial charge in [-0.15, -0.1) is 0 Å². The van der Waals surface area contributed by atoms with Gasteiger partial charge in [0.05, 0.1) is 12.5 Å². The lowest BCUT2D eigenvalue weighted by molar-refractivity contribution is -0.147. The Bertz CT molecular complexity index is 454. The van der Waals surface area contributed by atoms with Crippen molar-refractivity contribution in [2.45, 2.75) is 52.8 Å². The zero-order chi connectivity index (χ0) is 15.8. The van der Waals surface area contributed by atoms with E-state index >= 15 is 0 Å². The molecule has 0 spiro atoms. The predicted octanol–water partition coefficient (Wildman–Crippen LogP) is 2.71. The van der Waals surface area contributed by atoms with Crippen LogP contribution in [0.5, 0.6) is 0 Å². The first-order chi connectivity index (χ1) is 9.90. The van der Waals surface area contributed by atoms with E-state index in [1.54, 1.807) is 0 Å². The average Bonchev–Trinajstić information content (AvgIpc) is 2.44. The first kappa shape index (κ1) is 17.4. The SMILES string of the molecule is CC(C)N[C@@H](CC(=O)OCc1ccccc1)C(=O)C(C)C. The number of Topliss-reactive ketones (excluding diaryl/α,β-unsaturated/α-hetero) is 1. The molecule has 4 nitrogen and oxygen atoms in total. The molecule has 116 valence electrons. The number of ether oxygens (including phenoxy) is 1. The van der Waals surface area contributed by atoms with Crippen LogP contribution in [0.25, 0.3) is 0 Å². The first-order valence-corrected chi connectivity index (χ1v) is 7.39. The van der Waals surface area contributed by atoms with E-state index in [0.717, 1.165) is 5.56 Å². The molecule has 0 aliphatic carbocycles. The maximum absolute atomic E-state index is 12.1. The molecule has 1 aromatic rings. The molecular formula is C17H25NO3. The van der Waals surface area contributed by atoms with Crippen LogP contribution in [0.2, 0.25) is 0 Å². The molecule has 0 saturated heterocycles. The maximum atomic E-state index is 12.1. The highest BCUT2D eigenvalue weighted by Gasteiger charge is 2.25. The topological polar surface area (TPSA) is 55.4 Å². The molecule has 0 bridgehead atoms. The predicted molar refractivity (Wildman–Crippen MR) is 82.8 cm³/mol. The normalized spacial score (nSPS) is 12.5. The Morgan fingerprint density at radius 2 is 1.71 bits per heavy atom. The number of rotatable bonds is 8. The quantitative estimate of drug-likeness (QED) is 0.748. The number of ketones is 1. The van der Waals surface area contributed by atoms with Gasteiger partial charge in [-0.05, 0) is 5.56 Å². The van der Waals surface area contributed by atoms with Crippen molar-refractivity contribution in [3.05, 3.63) is 35.9 Å². The van der Waals surface area contributed by atoms with Crippen LogP contribution >= 0.6 is 0 Å². The van der Waals surface area contributed by atoms with E-state index in [2.05, 4.69) is 5.32 Å². The van der Waals surface area contributed by atoms with E-state index in [1.165, 1.54) is 0 Å². The van der Waals surface area contributed by atoms with Gasteiger partial charge in [0.2, 0.25) is 0 Å². The second kappa shape index (κ2) is 8.57. The molecule has 1 aromatic carbocycles. The number of carbonyl (C=O) groups excluding carboxylic acids is 2. The van der Waals surface area contributed by atoms with E-state index in [1.807, 2.05) is 58.0 Å². The summed E-state index contributed by atoms with van der Waals surface area (Å²) in [6.07, 6.45) is 0.0715. The minimum Gasteiger partial charge on any atom is -0.461 e. The molecule has 21 heavy (non-hydrogen) atoms. The van der Waals surface area contributed by atoms with E-state index in [-0.39, 0.29) is 36.7 Å². The molecule has 0 heterocycles. The molecule has 0 unspecified atom stereocenters. The van der Waals surface area contributed by atoms with Crippen molar-refractivity contribution in [3.8, 4) is 0 Å². The summed E-state index contributed by atoms with van der Waals surface area (Å²) in [5.74, 6) is -0.422. The number of hydrogen-bond acceptors (Lipinski definition) is 4. The largest absolute Gasteiger partial charge is 0.461 e. The Kier molecular flexibility index (Phi) is 7.09. The summed E-state index contributed by atoms with van der Waals surface area (Å²) in [6, 6.07) is 9.17. The zero-order valence-electron chi connectivity index (χ0n) is 13.3. The Morgan fingerprint density at radius 3 is 2.24 bits per heavy atom. The van der Waals surface area contributed by atoms with Gasteiger partial charge in [0.1, 0.15) is 6.61 Å². The van der Waals surface area contributed by atoms with Gasteiger partial charge in [0.15, 0.2) is 5.78 Å². The third kappa shape index (κ3) is 6.54. The summed E-state index contributed by atoms with van der Waals surface area (Å²) in [5, 5.41) is 3.14. The fourth-order valence-corrected chi connectivity index (χ4v) is 2.01. The van der Waals surface area contributed by atoms with Gasteiger partial charge in [-0.2, -0.15) is 0 Å². The molecule has 0 saturated carbocycles. The lowest BCUT2D eigenvalue weighted by Crippen LogP contribution is -2.44. The van der Waals surface area contributed by atoms with Crippen molar-refractivity contribution in [2.75, 3.05) is 0 Å². The van der Waals surface area contributed by atoms with E-state index in [4.69, 9.17) is 4.74 Å². The monoisotopic (exact) mass is 291 g/mol. The molecule has 0 fully saturated rings. The van der Waals surface area contributed by atoms with Crippen molar-refractivity contribution in [1.29, 1.82) is 0 Å². The van der Waals surface area contributed by atoms with Gasteiger partial charge in [0, 0.05) is 12.0 Å². The number of carbonyl (C=O) groups is 2. The molecule has 1 rings (SSSR count). The molecule has 0 amide bonds. The van der Waals surface area contributed by atoms with Crippen LogP contribution in [0, 0.1) is 5.92 Å². The molecule has 0 aromatic heterocycles. The van der Waals surface area contributed by atoms with E-state index in [9.17, 15) is 9.59 Å². The fraction of sp³-hybridized carbons (Fsp3) is 0.529. The van der Waals surface area contributed by atoms with Gasteiger partial charge in [-0.3, -0.25) is 9.59 Å². The minimum absolute atomic E-state index is 0.0420. The van der Waals surface area contributed by atoms with Crippen molar-refractivity contribution in [2.24, 2.45) is 5.92 Å². The molecule has 0 aliphatic heterocycles. The standard InChI is InChI=1S/C17H25NO3/c1-12(2)17(20)15(18-13(3)4)10-16(19)21-11-14-8-6-5-7-9-14/h5-9,12-13,15,18H,10-11H2,1-4H3/t15-/m0/s1. The molecule has 1 N–H and O–H groups in total. The summed E-state index contributed by atoms with van der Waals surface area (Å²) in [7, 11) is 0. The lowest BCUT2D eigenvalue weighted by atomic mass is 9.98. The summed E-state index contributed by atoms with van der Waals surface area (Å²) < 4.78 is 5.24. The smallest absolute Gasteiger partial charge is 0.308 e. The summed E-state index contributed by atoms with van der Waals surface area (Å²) in [6.45, 7) is 7.83. The molecule has 4 heteroatoms. The zero-order valence-corrected chi connectivity index (χ0v) is 13.3. The van der Waals surface area contributed by atoms with Gasteiger partial charge < -0.3 is 10.1 Å². The molecular weight excluding hydrogens is 266 g/mol. The Labute approximate surface area is 126 Å². The highest BCUT2D eigenvalue weighted by Crippen LogP contribution is 2.08. The molecule has 1 atom stereocenters. The number of hydrogen-bond donors (Lipinski definition) is 1. The van der Waals surface area contributed by atoms with Crippen molar-refractivity contribution >= 4 is 11.8 Å².